The van der Waals surface area contributed by atoms with Gasteiger partial charge in [-0.15, -0.1) is 0 Å². The minimum atomic E-state index is -2.67. The smallest absolute Gasteiger partial charge is 0.248 e. The van der Waals surface area contributed by atoms with Gasteiger partial charge in [-0.1, -0.05) is 5.16 Å². The highest BCUT2D eigenvalue weighted by Gasteiger charge is 2.27. The molecule has 1 N–H and O–H groups in total. The predicted octanol–water partition coefficient (Wildman–Crippen LogP) is 3.76. The van der Waals surface area contributed by atoms with Crippen molar-refractivity contribution in [2.24, 2.45) is 5.16 Å². The monoisotopic (exact) mass is 285 g/mol. The number of aromatic nitrogens is 2. The van der Waals surface area contributed by atoms with Crippen molar-refractivity contribution in [3.63, 3.8) is 0 Å². The molecule has 1 aromatic rings. The number of hydrogen-bond donors (Lipinski definition) is 1. The summed E-state index contributed by atoms with van der Waals surface area (Å²) in [5, 5.41) is 11.4. The number of halogens is 2. The standard InChI is InChI=1S/C14H21F2N3O/c1-11(19-20)5-3-7-14(15,16)8-4-6-13-9-17-12(2)18-10-13/h9-10,20H,3-8H2,1-2H3/b19-11-. The van der Waals surface area contributed by atoms with Gasteiger partial charge in [-0.05, 0) is 45.1 Å². The summed E-state index contributed by atoms with van der Waals surface area (Å²) in [7, 11) is 0. The largest absolute Gasteiger partial charge is 0.411 e. The lowest BCUT2D eigenvalue weighted by atomic mass is 10.0. The Morgan fingerprint density at radius 3 is 2.45 bits per heavy atom. The predicted molar refractivity (Wildman–Crippen MR) is 73.4 cm³/mol. The van der Waals surface area contributed by atoms with Crippen molar-refractivity contribution >= 4 is 5.71 Å². The van der Waals surface area contributed by atoms with Gasteiger partial charge in [0, 0.05) is 25.2 Å². The van der Waals surface area contributed by atoms with Crippen molar-refractivity contribution in [3.8, 4) is 0 Å². The summed E-state index contributed by atoms with van der Waals surface area (Å²) < 4.78 is 27.2. The highest BCUT2D eigenvalue weighted by molar-refractivity contribution is 5.81. The molecular formula is C14H21F2N3O. The van der Waals surface area contributed by atoms with E-state index in [0.717, 1.165) is 5.56 Å². The molecule has 0 saturated carbocycles. The summed E-state index contributed by atoms with van der Waals surface area (Å²) in [6.45, 7) is 3.41. The van der Waals surface area contributed by atoms with E-state index in [1.807, 2.05) is 0 Å². The molecule has 1 aromatic heterocycles. The van der Waals surface area contributed by atoms with Gasteiger partial charge in [0.1, 0.15) is 5.82 Å². The van der Waals surface area contributed by atoms with E-state index in [0.29, 0.717) is 37.2 Å². The lowest BCUT2D eigenvalue weighted by molar-refractivity contribution is -0.0190. The molecular weight excluding hydrogens is 264 g/mol. The molecule has 1 heterocycles. The number of nitrogens with zero attached hydrogens (tertiary/aromatic N) is 3. The number of oxime groups is 1. The maximum Gasteiger partial charge on any atom is 0.248 e. The summed E-state index contributed by atoms with van der Waals surface area (Å²) in [5.74, 6) is -1.98. The Morgan fingerprint density at radius 2 is 1.85 bits per heavy atom. The van der Waals surface area contributed by atoms with Crippen molar-refractivity contribution in [1.29, 1.82) is 0 Å². The molecule has 0 atom stereocenters. The quantitative estimate of drug-likeness (QED) is 0.449. The van der Waals surface area contributed by atoms with E-state index in [2.05, 4.69) is 15.1 Å². The molecule has 0 amide bonds. The van der Waals surface area contributed by atoms with Crippen molar-refractivity contribution in [2.75, 3.05) is 0 Å². The number of rotatable bonds is 8. The van der Waals surface area contributed by atoms with Crippen LogP contribution in [0.4, 0.5) is 8.78 Å². The zero-order chi connectivity index (χ0) is 15.0. The van der Waals surface area contributed by atoms with Gasteiger partial charge in [0.15, 0.2) is 0 Å². The minimum absolute atomic E-state index is 0.143. The molecule has 6 heteroatoms. The third-order valence-electron chi connectivity index (χ3n) is 3.09. The molecule has 0 saturated heterocycles. The van der Waals surface area contributed by atoms with E-state index in [-0.39, 0.29) is 12.8 Å². The summed E-state index contributed by atoms with van der Waals surface area (Å²) in [5.41, 5.74) is 1.37. The molecule has 0 aliphatic carbocycles. The van der Waals surface area contributed by atoms with Crippen LogP contribution in [-0.2, 0) is 6.42 Å². The third-order valence-corrected chi connectivity index (χ3v) is 3.09. The van der Waals surface area contributed by atoms with Gasteiger partial charge in [0.2, 0.25) is 5.92 Å². The summed E-state index contributed by atoms with van der Waals surface area (Å²) in [4.78, 5) is 8.07. The molecule has 4 nitrogen and oxygen atoms in total. The lowest BCUT2D eigenvalue weighted by Crippen LogP contribution is -2.16. The second-order valence-corrected chi connectivity index (χ2v) is 5.04. The topological polar surface area (TPSA) is 58.4 Å². The maximum absolute atomic E-state index is 13.6. The van der Waals surface area contributed by atoms with Gasteiger partial charge in [0.25, 0.3) is 0 Å². The first kappa shape index (κ1) is 16.5. The maximum atomic E-state index is 13.6. The van der Waals surface area contributed by atoms with Crippen LogP contribution in [-0.4, -0.2) is 26.8 Å². The lowest BCUT2D eigenvalue weighted by Gasteiger charge is -2.15. The van der Waals surface area contributed by atoms with E-state index in [9.17, 15) is 8.78 Å². The Hall–Kier alpha value is -1.59. The van der Waals surface area contributed by atoms with Crippen molar-refractivity contribution in [3.05, 3.63) is 23.8 Å². The normalized spacial score (nSPS) is 12.7. The Balaban J connectivity index is 2.26. The first-order valence-corrected chi connectivity index (χ1v) is 6.76. The highest BCUT2D eigenvalue weighted by atomic mass is 19.3. The molecule has 0 bridgehead atoms. The zero-order valence-electron chi connectivity index (χ0n) is 11.9. The molecule has 0 unspecified atom stereocenters. The summed E-state index contributed by atoms with van der Waals surface area (Å²) in [6, 6.07) is 0. The van der Waals surface area contributed by atoms with Gasteiger partial charge in [-0.3, -0.25) is 0 Å². The molecule has 20 heavy (non-hydrogen) atoms. The van der Waals surface area contributed by atoms with Crippen LogP contribution in [0.3, 0.4) is 0 Å². The van der Waals surface area contributed by atoms with E-state index in [4.69, 9.17) is 5.21 Å². The van der Waals surface area contributed by atoms with Gasteiger partial charge < -0.3 is 5.21 Å². The van der Waals surface area contributed by atoms with Crippen LogP contribution in [0, 0.1) is 6.92 Å². The Bertz CT molecular complexity index is 433. The SMILES string of the molecule is C/C(CCCC(F)(F)CCCc1cnc(C)nc1)=N/O. The second kappa shape index (κ2) is 7.87. The van der Waals surface area contributed by atoms with E-state index in [1.54, 1.807) is 26.2 Å². The molecule has 0 aliphatic rings. The van der Waals surface area contributed by atoms with Gasteiger partial charge in [0.05, 0.1) is 5.71 Å². The average Bonchev–Trinajstić information content (AvgIpc) is 2.40. The van der Waals surface area contributed by atoms with Crippen LogP contribution in [0.15, 0.2) is 17.5 Å². The van der Waals surface area contributed by atoms with Crippen LogP contribution < -0.4 is 0 Å². The zero-order valence-corrected chi connectivity index (χ0v) is 11.9. The Morgan fingerprint density at radius 1 is 1.25 bits per heavy atom. The third kappa shape index (κ3) is 6.54. The number of alkyl halides is 2. The molecule has 0 fully saturated rings. The van der Waals surface area contributed by atoms with Crippen molar-refractivity contribution in [2.45, 2.75) is 58.3 Å². The van der Waals surface area contributed by atoms with Crippen LogP contribution in [0.2, 0.25) is 0 Å². The molecule has 0 aromatic carbocycles. The Kier molecular flexibility index (Phi) is 6.48. The van der Waals surface area contributed by atoms with Crippen LogP contribution in [0.25, 0.3) is 0 Å². The molecule has 0 aliphatic heterocycles. The van der Waals surface area contributed by atoms with E-state index < -0.39 is 5.92 Å². The fourth-order valence-corrected chi connectivity index (χ4v) is 1.88. The molecule has 112 valence electrons. The van der Waals surface area contributed by atoms with Crippen LogP contribution >= 0.6 is 0 Å². The first-order valence-electron chi connectivity index (χ1n) is 6.76. The van der Waals surface area contributed by atoms with Crippen LogP contribution in [0.5, 0.6) is 0 Å². The van der Waals surface area contributed by atoms with Gasteiger partial charge >= 0.3 is 0 Å². The number of hydrogen-bond acceptors (Lipinski definition) is 4. The minimum Gasteiger partial charge on any atom is -0.411 e. The van der Waals surface area contributed by atoms with Crippen LogP contribution in [0.1, 0.15) is 50.4 Å². The molecule has 0 radical (unpaired) electrons. The van der Waals surface area contributed by atoms with E-state index >= 15 is 0 Å². The van der Waals surface area contributed by atoms with E-state index in [1.165, 1.54) is 0 Å². The molecule has 0 spiro atoms. The second-order valence-electron chi connectivity index (χ2n) is 5.04. The first-order chi connectivity index (χ1) is 9.43. The Labute approximate surface area is 117 Å². The van der Waals surface area contributed by atoms with Gasteiger partial charge in [-0.2, -0.15) is 0 Å². The highest BCUT2D eigenvalue weighted by Crippen LogP contribution is 2.27. The average molecular weight is 285 g/mol. The van der Waals surface area contributed by atoms with Gasteiger partial charge in [-0.25, -0.2) is 18.7 Å². The molecule has 1 rings (SSSR count). The number of aryl methyl sites for hydroxylation is 2. The fourth-order valence-electron chi connectivity index (χ4n) is 1.88. The van der Waals surface area contributed by atoms with Crippen molar-refractivity contribution in [1.82, 2.24) is 9.97 Å². The van der Waals surface area contributed by atoms with Crippen molar-refractivity contribution < 1.29 is 14.0 Å². The summed E-state index contributed by atoms with van der Waals surface area (Å²) >= 11 is 0. The summed E-state index contributed by atoms with van der Waals surface area (Å²) in [6.07, 6.45) is 4.75. The fraction of sp³-hybridized carbons (Fsp3) is 0.643.